The van der Waals surface area contributed by atoms with Crippen LogP contribution in [0.5, 0.6) is 0 Å². The monoisotopic (exact) mass is 249 g/mol. The summed E-state index contributed by atoms with van der Waals surface area (Å²) in [4.78, 5) is 11.3. The Hall–Kier alpha value is -0.660. The van der Waals surface area contributed by atoms with Gasteiger partial charge in [-0.05, 0) is 12.8 Å². The van der Waals surface area contributed by atoms with Crippen LogP contribution < -0.4 is 5.14 Å². The molecule has 0 bridgehead atoms. The van der Waals surface area contributed by atoms with E-state index in [1.807, 2.05) is 0 Å². The molecule has 1 spiro atoms. The zero-order chi connectivity index (χ0) is 11.8. The van der Waals surface area contributed by atoms with E-state index in [2.05, 4.69) is 0 Å². The number of carbonyl (C=O) groups is 1. The smallest absolute Gasteiger partial charge is 0.306 e. The number of cyclic esters (lactones) is 1. The van der Waals surface area contributed by atoms with Crippen LogP contribution in [0, 0.1) is 5.41 Å². The van der Waals surface area contributed by atoms with Crippen molar-refractivity contribution in [3.63, 3.8) is 0 Å². The number of hydrogen-bond acceptors (Lipinski definition) is 5. The third-order valence-electron chi connectivity index (χ3n) is 3.19. The van der Waals surface area contributed by atoms with Crippen LogP contribution >= 0.6 is 0 Å². The van der Waals surface area contributed by atoms with E-state index < -0.39 is 21.5 Å². The molecule has 0 aromatic heterocycles. The topological polar surface area (TPSA) is 95.7 Å². The summed E-state index contributed by atoms with van der Waals surface area (Å²) in [5.74, 6) is -0.679. The van der Waals surface area contributed by atoms with Crippen molar-refractivity contribution < 1.29 is 22.7 Å². The molecular weight excluding hydrogens is 234 g/mol. The molecular formula is C9H15NO5S. The molecule has 2 unspecified atom stereocenters. The molecule has 2 fully saturated rings. The fourth-order valence-electron chi connectivity index (χ4n) is 2.42. The molecule has 2 atom stereocenters. The van der Waals surface area contributed by atoms with Crippen molar-refractivity contribution in [1.29, 1.82) is 0 Å². The fraction of sp³-hybridized carbons (Fsp3) is 0.889. The minimum absolute atomic E-state index is 0.229. The molecule has 0 aromatic carbocycles. The first kappa shape index (κ1) is 11.8. The van der Waals surface area contributed by atoms with Gasteiger partial charge in [-0.3, -0.25) is 4.79 Å². The SMILES string of the molecule is NS(=O)(=O)CC1OC(=O)CC12CCCOC2. The van der Waals surface area contributed by atoms with Gasteiger partial charge < -0.3 is 9.47 Å². The molecule has 0 aliphatic carbocycles. The van der Waals surface area contributed by atoms with Crippen LogP contribution in [0.4, 0.5) is 0 Å². The van der Waals surface area contributed by atoms with Gasteiger partial charge in [0.05, 0.1) is 13.0 Å². The van der Waals surface area contributed by atoms with Crippen LogP contribution in [0.3, 0.4) is 0 Å². The number of ether oxygens (including phenoxy) is 2. The summed E-state index contributed by atoms with van der Waals surface area (Å²) in [6, 6.07) is 0. The molecule has 6 nitrogen and oxygen atoms in total. The quantitative estimate of drug-likeness (QED) is 0.658. The van der Waals surface area contributed by atoms with E-state index in [1.165, 1.54) is 0 Å². The van der Waals surface area contributed by atoms with Gasteiger partial charge in [-0.2, -0.15) is 0 Å². The summed E-state index contributed by atoms with van der Waals surface area (Å²) in [5, 5.41) is 4.99. The number of primary sulfonamides is 1. The van der Waals surface area contributed by atoms with Crippen LogP contribution in [0.1, 0.15) is 19.3 Å². The second-order valence-corrected chi connectivity index (χ2v) is 6.16. The first-order valence-electron chi connectivity index (χ1n) is 5.19. The average molecular weight is 249 g/mol. The highest BCUT2D eigenvalue weighted by atomic mass is 32.2. The zero-order valence-electron chi connectivity index (χ0n) is 8.85. The summed E-state index contributed by atoms with van der Waals surface area (Å²) in [5.41, 5.74) is -0.484. The maximum Gasteiger partial charge on any atom is 0.306 e. The summed E-state index contributed by atoms with van der Waals surface area (Å²) in [7, 11) is -3.64. The highest BCUT2D eigenvalue weighted by Crippen LogP contribution is 2.42. The molecule has 2 aliphatic heterocycles. The van der Waals surface area contributed by atoms with Gasteiger partial charge in [-0.15, -0.1) is 0 Å². The Morgan fingerprint density at radius 2 is 2.25 bits per heavy atom. The Balaban J connectivity index is 2.18. The van der Waals surface area contributed by atoms with Crippen molar-refractivity contribution in [2.75, 3.05) is 19.0 Å². The molecule has 2 heterocycles. The van der Waals surface area contributed by atoms with Crippen molar-refractivity contribution in [3.05, 3.63) is 0 Å². The van der Waals surface area contributed by atoms with Crippen molar-refractivity contribution in [2.24, 2.45) is 10.6 Å². The largest absolute Gasteiger partial charge is 0.460 e. The summed E-state index contributed by atoms with van der Waals surface area (Å²) >= 11 is 0. The number of sulfonamides is 1. The van der Waals surface area contributed by atoms with Gasteiger partial charge in [-0.25, -0.2) is 13.6 Å². The molecule has 2 aliphatic rings. The number of carbonyl (C=O) groups excluding carboxylic acids is 1. The Morgan fingerprint density at radius 1 is 1.50 bits per heavy atom. The molecule has 0 radical (unpaired) electrons. The van der Waals surface area contributed by atoms with Gasteiger partial charge in [0, 0.05) is 12.0 Å². The van der Waals surface area contributed by atoms with Crippen LogP contribution in [0.2, 0.25) is 0 Å². The third-order valence-corrected chi connectivity index (χ3v) is 3.96. The fourth-order valence-corrected chi connectivity index (χ4v) is 3.26. The van der Waals surface area contributed by atoms with Crippen LogP contribution in [-0.2, 0) is 24.3 Å². The van der Waals surface area contributed by atoms with E-state index in [4.69, 9.17) is 14.6 Å². The van der Waals surface area contributed by atoms with E-state index in [-0.39, 0.29) is 18.1 Å². The summed E-state index contributed by atoms with van der Waals surface area (Å²) in [6.45, 7) is 1.02. The predicted octanol–water partition coefficient (Wildman–Crippen LogP) is -0.613. The maximum atomic E-state index is 11.3. The molecule has 2 saturated heterocycles. The van der Waals surface area contributed by atoms with Crippen molar-refractivity contribution >= 4 is 16.0 Å². The van der Waals surface area contributed by atoms with Gasteiger partial charge in [0.2, 0.25) is 10.0 Å². The molecule has 16 heavy (non-hydrogen) atoms. The standard InChI is InChI=1S/C9H15NO5S/c10-16(12,13)5-7-9(4-8(11)15-7)2-1-3-14-6-9/h7H,1-6H2,(H2,10,12,13). The Morgan fingerprint density at radius 3 is 2.81 bits per heavy atom. The third kappa shape index (κ3) is 2.36. The minimum atomic E-state index is -3.64. The highest BCUT2D eigenvalue weighted by Gasteiger charge is 2.51. The lowest BCUT2D eigenvalue weighted by Crippen LogP contribution is -2.43. The lowest BCUT2D eigenvalue weighted by molar-refractivity contribution is -0.141. The van der Waals surface area contributed by atoms with Crippen LogP contribution in [-0.4, -0.2) is 39.5 Å². The van der Waals surface area contributed by atoms with Crippen molar-refractivity contribution in [1.82, 2.24) is 0 Å². The van der Waals surface area contributed by atoms with Gasteiger partial charge in [0.15, 0.2) is 0 Å². The number of rotatable bonds is 2. The maximum absolute atomic E-state index is 11.3. The first-order valence-corrected chi connectivity index (χ1v) is 6.91. The van der Waals surface area contributed by atoms with Crippen LogP contribution in [0.25, 0.3) is 0 Å². The Labute approximate surface area is 94.1 Å². The molecule has 0 aromatic rings. The van der Waals surface area contributed by atoms with Crippen molar-refractivity contribution in [3.8, 4) is 0 Å². The van der Waals surface area contributed by atoms with Gasteiger partial charge in [0.25, 0.3) is 0 Å². The van der Waals surface area contributed by atoms with Gasteiger partial charge in [-0.1, -0.05) is 0 Å². The van der Waals surface area contributed by atoms with Gasteiger partial charge in [0.1, 0.15) is 11.9 Å². The van der Waals surface area contributed by atoms with E-state index in [0.717, 1.165) is 12.8 Å². The number of esters is 1. The van der Waals surface area contributed by atoms with E-state index >= 15 is 0 Å². The molecule has 0 saturated carbocycles. The molecule has 0 amide bonds. The van der Waals surface area contributed by atoms with Gasteiger partial charge >= 0.3 is 5.97 Å². The number of nitrogens with two attached hydrogens (primary N) is 1. The Bertz CT molecular complexity index is 385. The highest BCUT2D eigenvalue weighted by molar-refractivity contribution is 7.89. The minimum Gasteiger partial charge on any atom is -0.460 e. The summed E-state index contributed by atoms with van der Waals surface area (Å²) < 4.78 is 32.5. The second-order valence-electron chi connectivity index (χ2n) is 4.50. The van der Waals surface area contributed by atoms with E-state index in [0.29, 0.717) is 13.2 Å². The molecule has 2 rings (SSSR count). The van der Waals surface area contributed by atoms with Crippen LogP contribution in [0.15, 0.2) is 0 Å². The van der Waals surface area contributed by atoms with E-state index in [1.54, 1.807) is 0 Å². The zero-order valence-corrected chi connectivity index (χ0v) is 9.66. The second kappa shape index (κ2) is 3.97. The predicted molar refractivity (Wildman–Crippen MR) is 55.0 cm³/mol. The first-order chi connectivity index (χ1) is 7.41. The normalized spacial score (nSPS) is 35.3. The number of hydrogen-bond donors (Lipinski definition) is 1. The molecule has 92 valence electrons. The summed E-state index contributed by atoms with van der Waals surface area (Å²) in [6.07, 6.45) is 1.14. The van der Waals surface area contributed by atoms with E-state index in [9.17, 15) is 13.2 Å². The lowest BCUT2D eigenvalue weighted by Gasteiger charge is -2.35. The molecule has 2 N–H and O–H groups in total. The van der Waals surface area contributed by atoms with Crippen molar-refractivity contribution in [2.45, 2.75) is 25.4 Å². The lowest BCUT2D eigenvalue weighted by atomic mass is 9.77. The molecule has 7 heteroatoms. The average Bonchev–Trinajstić information content (AvgIpc) is 2.41. The Kier molecular flexibility index (Phi) is 2.93.